The summed E-state index contributed by atoms with van der Waals surface area (Å²) in [5, 5.41) is 12.0. The molecular formula is C36H38N4O3. The van der Waals surface area contributed by atoms with Crippen LogP contribution >= 0.6 is 0 Å². The van der Waals surface area contributed by atoms with Crippen molar-refractivity contribution >= 4 is 5.91 Å². The number of ether oxygens (including phenoxy) is 1. The molecule has 2 aromatic heterocycles. The van der Waals surface area contributed by atoms with Gasteiger partial charge in [-0.25, -0.2) is 4.68 Å². The van der Waals surface area contributed by atoms with Gasteiger partial charge in [-0.1, -0.05) is 49.3 Å². The van der Waals surface area contributed by atoms with Crippen molar-refractivity contribution in [2.75, 3.05) is 6.61 Å². The molecule has 0 bridgehead atoms. The second kappa shape index (κ2) is 12.7. The van der Waals surface area contributed by atoms with Gasteiger partial charge in [0.2, 0.25) is 0 Å². The molecule has 1 N–H and O–H groups in total. The Labute approximate surface area is 252 Å². The average molecular weight is 575 g/mol. The van der Waals surface area contributed by atoms with E-state index in [-0.39, 0.29) is 18.1 Å². The fraction of sp³-hybridized carbons (Fsp3) is 0.306. The van der Waals surface area contributed by atoms with Crippen LogP contribution in [-0.4, -0.2) is 27.5 Å². The standard InChI is InChI=1S/C36H38N4O3/c1-24(2)17-18-42-33-16-15-29(19-25(33)3)35-30(23-40(38-35)31-11-5-4-6-12-31)22-37-36(41)32-21-34(43-39-32)28-14-13-26-9-7-8-10-27(26)20-28/h4-6,11-16,19-21,23-24H,7-10,17-18,22H2,1-3H3,(H,37,41). The van der Waals surface area contributed by atoms with Gasteiger partial charge in [0, 0.05) is 35.5 Å². The van der Waals surface area contributed by atoms with Gasteiger partial charge in [0.25, 0.3) is 5.91 Å². The summed E-state index contributed by atoms with van der Waals surface area (Å²) in [7, 11) is 0. The van der Waals surface area contributed by atoms with Gasteiger partial charge in [0.05, 0.1) is 18.0 Å². The van der Waals surface area contributed by atoms with Crippen LogP contribution in [0.15, 0.2) is 83.5 Å². The van der Waals surface area contributed by atoms with Crippen molar-refractivity contribution in [3.8, 4) is 34.0 Å². The number of hydrogen-bond donors (Lipinski definition) is 1. The third-order valence-electron chi connectivity index (χ3n) is 8.03. The fourth-order valence-corrected chi connectivity index (χ4v) is 5.53. The van der Waals surface area contributed by atoms with Crippen molar-refractivity contribution < 1.29 is 14.1 Å². The van der Waals surface area contributed by atoms with Gasteiger partial charge in [0.1, 0.15) is 5.75 Å². The number of rotatable bonds is 10. The zero-order valence-electron chi connectivity index (χ0n) is 25.1. The van der Waals surface area contributed by atoms with Crippen molar-refractivity contribution in [1.82, 2.24) is 20.3 Å². The number of amides is 1. The lowest BCUT2D eigenvalue weighted by molar-refractivity contribution is 0.0942. The van der Waals surface area contributed by atoms with Crippen LogP contribution in [-0.2, 0) is 19.4 Å². The van der Waals surface area contributed by atoms with E-state index in [1.807, 2.05) is 53.3 Å². The molecule has 5 aromatic rings. The Morgan fingerprint density at radius 3 is 2.56 bits per heavy atom. The van der Waals surface area contributed by atoms with Crippen LogP contribution < -0.4 is 10.1 Å². The third kappa shape index (κ3) is 6.56. The molecule has 1 aliphatic carbocycles. The molecular weight excluding hydrogens is 536 g/mol. The molecule has 0 atom stereocenters. The number of nitrogens with zero attached hydrogens (tertiary/aromatic N) is 3. The summed E-state index contributed by atoms with van der Waals surface area (Å²) in [5.74, 6) is 1.77. The van der Waals surface area contributed by atoms with Crippen molar-refractivity contribution in [2.45, 2.75) is 59.4 Å². The first-order valence-electron chi connectivity index (χ1n) is 15.2. The molecule has 0 aliphatic heterocycles. The molecule has 7 heteroatoms. The van der Waals surface area contributed by atoms with Crippen LogP contribution in [0.3, 0.4) is 0 Å². The minimum absolute atomic E-state index is 0.253. The van der Waals surface area contributed by atoms with Gasteiger partial charge in [-0.05, 0) is 98.0 Å². The number of benzene rings is 3. The molecule has 0 saturated carbocycles. The van der Waals surface area contributed by atoms with E-state index in [1.165, 1.54) is 24.0 Å². The molecule has 1 aliphatic rings. The van der Waals surface area contributed by atoms with E-state index in [0.717, 1.165) is 58.6 Å². The number of hydrogen-bond acceptors (Lipinski definition) is 5. The quantitative estimate of drug-likeness (QED) is 0.185. The first kappa shape index (κ1) is 28.5. The fourth-order valence-electron chi connectivity index (χ4n) is 5.53. The second-order valence-corrected chi connectivity index (χ2v) is 11.7. The van der Waals surface area contributed by atoms with Crippen molar-refractivity contribution in [1.29, 1.82) is 0 Å². The number of nitrogens with one attached hydrogen (secondary N) is 1. The van der Waals surface area contributed by atoms with Crippen molar-refractivity contribution in [3.63, 3.8) is 0 Å². The Balaban J connectivity index is 1.21. The van der Waals surface area contributed by atoms with E-state index >= 15 is 0 Å². The van der Waals surface area contributed by atoms with Crippen molar-refractivity contribution in [3.05, 3.63) is 107 Å². The molecule has 7 nitrogen and oxygen atoms in total. The van der Waals surface area contributed by atoms with E-state index in [1.54, 1.807) is 6.07 Å². The molecule has 43 heavy (non-hydrogen) atoms. The van der Waals surface area contributed by atoms with E-state index in [2.05, 4.69) is 55.5 Å². The molecule has 6 rings (SSSR count). The van der Waals surface area contributed by atoms with Crippen LogP contribution in [0.25, 0.3) is 28.3 Å². The van der Waals surface area contributed by atoms with Gasteiger partial charge >= 0.3 is 0 Å². The topological polar surface area (TPSA) is 82.2 Å². The maximum absolute atomic E-state index is 13.2. The zero-order valence-corrected chi connectivity index (χ0v) is 25.1. The smallest absolute Gasteiger partial charge is 0.273 e. The normalized spacial score (nSPS) is 12.7. The van der Waals surface area contributed by atoms with Gasteiger partial charge in [-0.3, -0.25) is 4.79 Å². The maximum atomic E-state index is 13.2. The Bertz CT molecular complexity index is 1720. The van der Waals surface area contributed by atoms with Gasteiger partial charge in [-0.15, -0.1) is 0 Å². The molecule has 1 amide bonds. The lowest BCUT2D eigenvalue weighted by Crippen LogP contribution is -2.23. The molecule has 0 unspecified atom stereocenters. The highest BCUT2D eigenvalue weighted by molar-refractivity contribution is 5.93. The lowest BCUT2D eigenvalue weighted by Gasteiger charge is -2.15. The highest BCUT2D eigenvalue weighted by Crippen LogP contribution is 2.30. The molecule has 2 heterocycles. The zero-order chi connectivity index (χ0) is 29.8. The highest BCUT2D eigenvalue weighted by atomic mass is 16.5. The van der Waals surface area contributed by atoms with Crippen LogP contribution in [0.5, 0.6) is 5.75 Å². The first-order chi connectivity index (χ1) is 20.9. The summed E-state index contributed by atoms with van der Waals surface area (Å²) < 4.78 is 13.5. The summed E-state index contributed by atoms with van der Waals surface area (Å²) in [4.78, 5) is 13.2. The van der Waals surface area contributed by atoms with Crippen LogP contribution in [0.2, 0.25) is 0 Å². The van der Waals surface area contributed by atoms with Crippen LogP contribution in [0.1, 0.15) is 65.9 Å². The summed E-state index contributed by atoms with van der Waals surface area (Å²) in [6, 6.07) is 24.2. The largest absolute Gasteiger partial charge is 0.493 e. The predicted octanol–water partition coefficient (Wildman–Crippen LogP) is 7.74. The molecule has 0 radical (unpaired) electrons. The number of carbonyl (C=O) groups is 1. The molecule has 0 fully saturated rings. The van der Waals surface area contributed by atoms with Gasteiger partial charge in [0.15, 0.2) is 11.5 Å². The number of para-hydroxylation sites is 1. The molecule has 220 valence electrons. The first-order valence-corrected chi connectivity index (χ1v) is 15.2. The predicted molar refractivity (Wildman–Crippen MR) is 168 cm³/mol. The minimum Gasteiger partial charge on any atom is -0.493 e. The number of aromatic nitrogens is 3. The van der Waals surface area contributed by atoms with Gasteiger partial charge < -0.3 is 14.6 Å². The van der Waals surface area contributed by atoms with E-state index in [0.29, 0.717) is 18.3 Å². The Morgan fingerprint density at radius 2 is 1.77 bits per heavy atom. The molecule has 0 spiro atoms. The molecule has 3 aromatic carbocycles. The van der Waals surface area contributed by atoms with E-state index in [9.17, 15) is 4.79 Å². The second-order valence-electron chi connectivity index (χ2n) is 11.7. The monoisotopic (exact) mass is 574 g/mol. The summed E-state index contributed by atoms with van der Waals surface area (Å²) in [6.45, 7) is 7.41. The molecule has 0 saturated heterocycles. The SMILES string of the molecule is Cc1cc(-c2nn(-c3ccccc3)cc2CNC(=O)c2cc(-c3ccc4c(c3)CCCC4)on2)ccc1OCCC(C)C. The van der Waals surface area contributed by atoms with Crippen molar-refractivity contribution in [2.24, 2.45) is 5.92 Å². The number of carbonyl (C=O) groups excluding carboxylic acids is 1. The van der Waals surface area contributed by atoms with Crippen LogP contribution in [0, 0.1) is 12.8 Å². The Morgan fingerprint density at radius 1 is 0.977 bits per heavy atom. The average Bonchev–Trinajstić information content (AvgIpc) is 3.69. The maximum Gasteiger partial charge on any atom is 0.273 e. The van der Waals surface area contributed by atoms with Crippen LogP contribution in [0.4, 0.5) is 0 Å². The summed E-state index contributed by atoms with van der Waals surface area (Å²) in [5.41, 5.74) is 8.61. The third-order valence-corrected chi connectivity index (χ3v) is 8.03. The Hall–Kier alpha value is -4.65. The van der Waals surface area contributed by atoms with E-state index < -0.39 is 0 Å². The van der Waals surface area contributed by atoms with E-state index in [4.69, 9.17) is 14.4 Å². The van der Waals surface area contributed by atoms with Gasteiger partial charge in [-0.2, -0.15) is 5.10 Å². The number of aryl methyl sites for hydroxylation is 3. The Kier molecular flexibility index (Phi) is 8.40. The highest BCUT2D eigenvalue weighted by Gasteiger charge is 2.19. The summed E-state index contributed by atoms with van der Waals surface area (Å²) >= 11 is 0. The minimum atomic E-state index is -0.295. The number of fused-ring (bicyclic) bond motifs is 1. The lowest BCUT2D eigenvalue weighted by atomic mass is 9.90. The summed E-state index contributed by atoms with van der Waals surface area (Å²) in [6.07, 6.45) is 7.62.